The second-order valence-electron chi connectivity index (χ2n) is 7.60. The van der Waals surface area contributed by atoms with Crippen LogP contribution in [0.25, 0.3) is 0 Å². The highest BCUT2D eigenvalue weighted by Gasteiger charge is 2.41. The van der Waals surface area contributed by atoms with E-state index in [1.54, 1.807) is 18.2 Å². The fourth-order valence-electron chi connectivity index (χ4n) is 3.65. The Morgan fingerprint density at radius 3 is 2.38 bits per heavy atom. The Hall–Kier alpha value is -1.89. The van der Waals surface area contributed by atoms with E-state index < -0.39 is 5.41 Å². The third kappa shape index (κ3) is 4.49. The molecule has 2 fully saturated rings. The lowest BCUT2D eigenvalue weighted by Crippen LogP contribution is -2.44. The zero-order valence-electron chi connectivity index (χ0n) is 15.8. The van der Waals surface area contributed by atoms with E-state index in [0.29, 0.717) is 42.3 Å². The molecule has 152 valence electrons. The fourth-order valence-corrected chi connectivity index (χ4v) is 4.18. The molecule has 29 heavy (non-hydrogen) atoms. The summed E-state index contributed by atoms with van der Waals surface area (Å²) in [6, 6.07) is 13.1. The third-order valence-corrected chi connectivity index (χ3v) is 6.40. The molecule has 1 aliphatic heterocycles. The van der Waals surface area contributed by atoms with Crippen molar-refractivity contribution in [3.63, 3.8) is 0 Å². The van der Waals surface area contributed by atoms with E-state index in [0.717, 1.165) is 22.9 Å². The standard InChI is InChI=1S/C22H22BrClN2O3/c23-15-3-1-14(2-4-15)22(9-11-29-12-10-22)21(28)26-17-7-8-18(19(24)13-17)20(27)25-16-5-6-16/h1-4,7-8,13,16H,5-6,9-12H2,(H,25,27)(H,26,28). The van der Waals surface area contributed by atoms with Crippen molar-refractivity contribution in [2.24, 2.45) is 0 Å². The first-order valence-corrected chi connectivity index (χ1v) is 10.9. The second-order valence-corrected chi connectivity index (χ2v) is 8.92. The number of amides is 2. The fraction of sp³-hybridized carbons (Fsp3) is 0.364. The molecule has 0 spiro atoms. The van der Waals surface area contributed by atoms with Crippen LogP contribution >= 0.6 is 27.5 Å². The zero-order valence-corrected chi connectivity index (χ0v) is 18.2. The van der Waals surface area contributed by atoms with E-state index in [-0.39, 0.29) is 17.9 Å². The van der Waals surface area contributed by atoms with Gasteiger partial charge in [-0.05, 0) is 61.6 Å². The molecule has 2 aliphatic rings. The quantitative estimate of drug-likeness (QED) is 0.657. The lowest BCUT2D eigenvalue weighted by Gasteiger charge is -2.36. The van der Waals surface area contributed by atoms with Crippen LogP contribution in [0.15, 0.2) is 46.9 Å². The van der Waals surface area contributed by atoms with Crippen molar-refractivity contribution in [3.05, 3.63) is 63.1 Å². The van der Waals surface area contributed by atoms with E-state index >= 15 is 0 Å². The summed E-state index contributed by atoms with van der Waals surface area (Å²) in [6.45, 7) is 1.06. The number of rotatable bonds is 5. The van der Waals surface area contributed by atoms with E-state index in [2.05, 4.69) is 26.6 Å². The molecule has 1 saturated carbocycles. The summed E-state index contributed by atoms with van der Waals surface area (Å²) >= 11 is 9.78. The SMILES string of the molecule is O=C(NC1CC1)c1ccc(NC(=O)C2(c3ccc(Br)cc3)CCOCC2)cc1Cl. The average molecular weight is 478 g/mol. The molecule has 2 amide bonds. The number of ether oxygens (including phenoxy) is 1. The number of carbonyl (C=O) groups excluding carboxylic acids is 2. The number of hydrogen-bond acceptors (Lipinski definition) is 3. The topological polar surface area (TPSA) is 67.4 Å². The van der Waals surface area contributed by atoms with Gasteiger partial charge in [0.05, 0.1) is 16.0 Å². The maximum atomic E-state index is 13.4. The molecular weight excluding hydrogens is 456 g/mol. The van der Waals surface area contributed by atoms with E-state index in [1.807, 2.05) is 24.3 Å². The normalized spacial score (nSPS) is 18.1. The van der Waals surface area contributed by atoms with Gasteiger partial charge in [0.1, 0.15) is 0 Å². The van der Waals surface area contributed by atoms with Crippen molar-refractivity contribution in [1.82, 2.24) is 5.32 Å². The first kappa shape index (κ1) is 20.4. The van der Waals surface area contributed by atoms with E-state index in [1.165, 1.54) is 0 Å². The molecule has 0 atom stereocenters. The minimum atomic E-state index is -0.659. The smallest absolute Gasteiger partial charge is 0.253 e. The third-order valence-electron chi connectivity index (χ3n) is 5.56. The van der Waals surface area contributed by atoms with Gasteiger partial charge in [-0.3, -0.25) is 9.59 Å². The zero-order chi connectivity index (χ0) is 20.4. The molecular formula is C22H22BrClN2O3. The molecule has 7 heteroatoms. The first-order chi connectivity index (χ1) is 14.0. The average Bonchev–Trinajstić information content (AvgIpc) is 3.53. The summed E-state index contributed by atoms with van der Waals surface area (Å²) in [5, 5.41) is 6.25. The van der Waals surface area contributed by atoms with E-state index in [9.17, 15) is 9.59 Å². The maximum Gasteiger partial charge on any atom is 0.253 e. The molecule has 0 bridgehead atoms. The van der Waals surface area contributed by atoms with Crippen LogP contribution in [-0.2, 0) is 14.9 Å². The number of anilines is 1. The van der Waals surface area contributed by atoms with Crippen LogP contribution in [0.3, 0.4) is 0 Å². The van der Waals surface area contributed by atoms with Crippen molar-refractivity contribution in [1.29, 1.82) is 0 Å². The number of hydrogen-bond donors (Lipinski definition) is 2. The van der Waals surface area contributed by atoms with Crippen LogP contribution in [0.2, 0.25) is 5.02 Å². The highest BCUT2D eigenvalue weighted by Crippen LogP contribution is 2.37. The van der Waals surface area contributed by atoms with Crippen molar-refractivity contribution in [2.75, 3.05) is 18.5 Å². The Morgan fingerprint density at radius 1 is 1.07 bits per heavy atom. The predicted molar refractivity (Wildman–Crippen MR) is 116 cm³/mol. The van der Waals surface area contributed by atoms with Gasteiger partial charge in [-0.2, -0.15) is 0 Å². The van der Waals surface area contributed by atoms with Gasteiger partial charge in [0, 0.05) is 29.4 Å². The minimum absolute atomic E-state index is 0.0885. The molecule has 0 unspecified atom stereocenters. The van der Waals surface area contributed by atoms with Gasteiger partial charge >= 0.3 is 0 Å². The molecule has 4 rings (SSSR count). The summed E-state index contributed by atoms with van der Waals surface area (Å²) in [6.07, 6.45) is 3.24. The lowest BCUT2D eigenvalue weighted by molar-refractivity contribution is -0.125. The highest BCUT2D eigenvalue weighted by molar-refractivity contribution is 9.10. The molecule has 0 aromatic heterocycles. The largest absolute Gasteiger partial charge is 0.381 e. The Bertz CT molecular complexity index is 922. The second kappa shape index (κ2) is 8.46. The van der Waals surface area contributed by atoms with Gasteiger partial charge in [0.25, 0.3) is 5.91 Å². The van der Waals surface area contributed by atoms with Crippen molar-refractivity contribution < 1.29 is 14.3 Å². The number of nitrogens with one attached hydrogen (secondary N) is 2. The monoisotopic (exact) mass is 476 g/mol. The van der Waals surface area contributed by atoms with Crippen molar-refractivity contribution in [2.45, 2.75) is 37.1 Å². The van der Waals surface area contributed by atoms with Crippen LogP contribution in [-0.4, -0.2) is 31.1 Å². The highest BCUT2D eigenvalue weighted by atomic mass is 79.9. The van der Waals surface area contributed by atoms with Crippen LogP contribution < -0.4 is 10.6 Å². The molecule has 0 radical (unpaired) electrons. The van der Waals surface area contributed by atoms with E-state index in [4.69, 9.17) is 16.3 Å². The summed E-state index contributed by atoms with van der Waals surface area (Å²) in [4.78, 5) is 25.6. The van der Waals surface area contributed by atoms with Gasteiger partial charge in [0.2, 0.25) is 5.91 Å². The molecule has 2 N–H and O–H groups in total. The van der Waals surface area contributed by atoms with Gasteiger partial charge in [-0.15, -0.1) is 0 Å². The Labute approximate surface area is 183 Å². The van der Waals surface area contributed by atoms with Gasteiger partial charge in [-0.1, -0.05) is 39.7 Å². The van der Waals surface area contributed by atoms with Crippen LogP contribution in [0.1, 0.15) is 41.6 Å². The first-order valence-electron chi connectivity index (χ1n) is 9.74. The van der Waals surface area contributed by atoms with Crippen LogP contribution in [0, 0.1) is 0 Å². The molecule has 1 aliphatic carbocycles. The molecule has 1 saturated heterocycles. The molecule has 2 aromatic carbocycles. The molecule has 2 aromatic rings. The predicted octanol–water partition coefficient (Wildman–Crippen LogP) is 4.68. The number of carbonyl (C=O) groups is 2. The summed E-state index contributed by atoms with van der Waals surface area (Å²) in [5.41, 5.74) is 1.30. The Balaban J connectivity index is 1.55. The minimum Gasteiger partial charge on any atom is -0.381 e. The Morgan fingerprint density at radius 2 is 1.76 bits per heavy atom. The molecule has 1 heterocycles. The lowest BCUT2D eigenvalue weighted by atomic mass is 9.73. The van der Waals surface area contributed by atoms with Crippen molar-refractivity contribution in [3.8, 4) is 0 Å². The summed E-state index contributed by atoms with van der Waals surface area (Å²) < 4.78 is 6.48. The summed E-state index contributed by atoms with van der Waals surface area (Å²) in [7, 11) is 0. The van der Waals surface area contributed by atoms with Crippen LogP contribution in [0.4, 0.5) is 5.69 Å². The maximum absolute atomic E-state index is 13.4. The van der Waals surface area contributed by atoms with Crippen LogP contribution in [0.5, 0.6) is 0 Å². The Kier molecular flexibility index (Phi) is 5.95. The van der Waals surface area contributed by atoms with Gasteiger partial charge in [-0.25, -0.2) is 0 Å². The number of halogens is 2. The summed E-state index contributed by atoms with van der Waals surface area (Å²) in [5.74, 6) is -0.263. The van der Waals surface area contributed by atoms with Gasteiger partial charge < -0.3 is 15.4 Å². The van der Waals surface area contributed by atoms with Crippen molar-refractivity contribution >= 4 is 45.0 Å². The number of benzene rings is 2. The molecule has 5 nitrogen and oxygen atoms in total. The van der Waals surface area contributed by atoms with Gasteiger partial charge in [0.15, 0.2) is 0 Å².